The molecule has 2 atom stereocenters. The van der Waals surface area contributed by atoms with Crippen LogP contribution in [-0.2, 0) is 19.1 Å². The van der Waals surface area contributed by atoms with E-state index < -0.39 is 29.0 Å². The Balaban J connectivity index is 1.54. The van der Waals surface area contributed by atoms with Crippen molar-refractivity contribution < 1.29 is 23.5 Å². The summed E-state index contributed by atoms with van der Waals surface area (Å²) in [5, 5.41) is 4.62. The normalized spacial score (nSPS) is 16.5. The number of thioether (sulfide) groups is 1. The molecule has 28 heavy (non-hydrogen) atoms. The molecule has 1 heterocycles. The fraction of sp³-hybridized carbons (Fsp3) is 0.250. The lowest BCUT2D eigenvalue weighted by atomic mass is 10.2. The number of anilines is 2. The van der Waals surface area contributed by atoms with Gasteiger partial charge < -0.3 is 15.4 Å². The first-order valence-electron chi connectivity index (χ1n) is 8.66. The Morgan fingerprint density at radius 1 is 1.29 bits per heavy atom. The number of esters is 1. The lowest BCUT2D eigenvalue weighted by molar-refractivity contribution is -0.153. The molecule has 2 aromatic carbocycles. The molecule has 0 radical (unpaired) electrons. The fourth-order valence-electron chi connectivity index (χ4n) is 2.59. The number of nitrogens with one attached hydrogen (secondary N) is 2. The fourth-order valence-corrected chi connectivity index (χ4v) is 3.69. The first-order chi connectivity index (χ1) is 13.3. The average Bonchev–Trinajstić information content (AvgIpc) is 2.65. The van der Waals surface area contributed by atoms with Crippen molar-refractivity contribution in [1.29, 1.82) is 0 Å². The summed E-state index contributed by atoms with van der Waals surface area (Å²) in [5.74, 6) is -1.97. The van der Waals surface area contributed by atoms with Crippen LogP contribution in [0.2, 0.25) is 0 Å². The Kier molecular flexibility index (Phi) is 5.99. The summed E-state index contributed by atoms with van der Waals surface area (Å²) in [6.07, 6.45) is -1.25. The molecule has 0 unspecified atom stereocenters. The second-order valence-corrected chi connectivity index (χ2v) is 7.63. The third-order valence-corrected chi connectivity index (χ3v) is 5.45. The summed E-state index contributed by atoms with van der Waals surface area (Å²) in [7, 11) is 0. The zero-order chi connectivity index (χ0) is 20.3. The Hall–Kier alpha value is -2.87. The van der Waals surface area contributed by atoms with Crippen LogP contribution in [-0.4, -0.2) is 29.1 Å². The number of amides is 2. The van der Waals surface area contributed by atoms with E-state index in [0.717, 1.165) is 4.90 Å². The quantitative estimate of drug-likeness (QED) is 0.748. The Morgan fingerprint density at radius 2 is 2.04 bits per heavy atom. The van der Waals surface area contributed by atoms with E-state index >= 15 is 0 Å². The van der Waals surface area contributed by atoms with Crippen LogP contribution >= 0.6 is 11.8 Å². The van der Waals surface area contributed by atoms with Gasteiger partial charge in [-0.15, -0.1) is 11.8 Å². The van der Waals surface area contributed by atoms with Crippen LogP contribution in [0.4, 0.5) is 15.8 Å². The van der Waals surface area contributed by atoms with Gasteiger partial charge in [-0.3, -0.25) is 14.4 Å². The first-order valence-corrected chi connectivity index (χ1v) is 9.54. The van der Waals surface area contributed by atoms with Gasteiger partial charge in [-0.2, -0.15) is 0 Å². The third kappa shape index (κ3) is 4.69. The Bertz CT molecular complexity index is 934. The SMILES string of the molecule is Cc1ccc(NC(=O)[C@@H](C)OC(=O)C[C@H]2Sc3ccccc3NC2=O)cc1F. The predicted octanol–water partition coefficient (Wildman–Crippen LogP) is 3.51. The highest BCUT2D eigenvalue weighted by molar-refractivity contribution is 8.01. The van der Waals surface area contributed by atoms with E-state index in [0.29, 0.717) is 11.3 Å². The molecule has 8 heteroatoms. The zero-order valence-electron chi connectivity index (χ0n) is 15.3. The second-order valence-electron chi connectivity index (χ2n) is 6.38. The molecule has 0 spiro atoms. The largest absolute Gasteiger partial charge is 0.452 e. The van der Waals surface area contributed by atoms with Crippen molar-refractivity contribution in [2.24, 2.45) is 0 Å². The van der Waals surface area contributed by atoms with Crippen molar-refractivity contribution >= 4 is 40.9 Å². The van der Waals surface area contributed by atoms with Crippen molar-refractivity contribution in [1.82, 2.24) is 0 Å². The smallest absolute Gasteiger partial charge is 0.308 e. The van der Waals surface area contributed by atoms with Crippen molar-refractivity contribution in [2.75, 3.05) is 10.6 Å². The van der Waals surface area contributed by atoms with Crippen LogP contribution in [0.25, 0.3) is 0 Å². The van der Waals surface area contributed by atoms with Crippen LogP contribution in [0.15, 0.2) is 47.4 Å². The Labute approximate surface area is 165 Å². The van der Waals surface area contributed by atoms with Crippen molar-refractivity contribution in [3.8, 4) is 0 Å². The molecule has 2 aromatic rings. The number of hydrogen-bond donors (Lipinski definition) is 2. The van der Waals surface area contributed by atoms with E-state index in [1.807, 2.05) is 18.2 Å². The number of benzene rings is 2. The molecule has 3 rings (SSSR count). The number of ether oxygens (including phenoxy) is 1. The van der Waals surface area contributed by atoms with Gasteiger partial charge in [0, 0.05) is 10.6 Å². The minimum absolute atomic E-state index is 0.165. The summed E-state index contributed by atoms with van der Waals surface area (Å²) in [4.78, 5) is 37.4. The molecule has 0 aliphatic carbocycles. The maximum atomic E-state index is 13.6. The number of hydrogen-bond acceptors (Lipinski definition) is 5. The molecule has 1 aliphatic heterocycles. The van der Waals surface area contributed by atoms with E-state index in [2.05, 4.69) is 10.6 Å². The molecular formula is C20H19FN2O4S. The number of halogens is 1. The van der Waals surface area contributed by atoms with E-state index in [4.69, 9.17) is 4.74 Å². The van der Waals surface area contributed by atoms with E-state index in [9.17, 15) is 18.8 Å². The Morgan fingerprint density at radius 3 is 2.79 bits per heavy atom. The number of fused-ring (bicyclic) bond motifs is 1. The standard InChI is InChI=1S/C20H19FN2O4S/c1-11-7-8-13(9-14(11)21)22-19(25)12(2)27-18(24)10-17-20(26)23-15-5-3-4-6-16(15)28-17/h3-9,12,17H,10H2,1-2H3,(H,22,25)(H,23,26)/t12-,17-/m1/s1. The molecule has 6 nitrogen and oxygen atoms in total. The van der Waals surface area contributed by atoms with Gasteiger partial charge in [0.2, 0.25) is 5.91 Å². The first kappa shape index (κ1) is 19.9. The monoisotopic (exact) mass is 402 g/mol. The molecule has 1 aliphatic rings. The number of para-hydroxylation sites is 1. The van der Waals surface area contributed by atoms with Gasteiger partial charge in [-0.25, -0.2) is 4.39 Å². The average molecular weight is 402 g/mol. The molecule has 0 aromatic heterocycles. The zero-order valence-corrected chi connectivity index (χ0v) is 16.1. The van der Waals surface area contributed by atoms with Gasteiger partial charge in [0.05, 0.1) is 17.4 Å². The van der Waals surface area contributed by atoms with E-state index in [1.165, 1.54) is 24.8 Å². The highest BCUT2D eigenvalue weighted by Gasteiger charge is 2.30. The predicted molar refractivity (Wildman–Crippen MR) is 105 cm³/mol. The van der Waals surface area contributed by atoms with Crippen LogP contribution in [0.3, 0.4) is 0 Å². The highest BCUT2D eigenvalue weighted by atomic mass is 32.2. The maximum Gasteiger partial charge on any atom is 0.308 e. The number of carbonyl (C=O) groups excluding carboxylic acids is 3. The second kappa shape index (κ2) is 8.43. The van der Waals surface area contributed by atoms with Gasteiger partial charge in [0.15, 0.2) is 6.10 Å². The van der Waals surface area contributed by atoms with Gasteiger partial charge in [0.25, 0.3) is 5.91 Å². The number of rotatable bonds is 5. The summed E-state index contributed by atoms with van der Waals surface area (Å²) in [5.41, 5.74) is 1.44. The highest BCUT2D eigenvalue weighted by Crippen LogP contribution is 2.36. The van der Waals surface area contributed by atoms with Crippen LogP contribution in [0, 0.1) is 12.7 Å². The van der Waals surface area contributed by atoms with Crippen molar-refractivity contribution in [3.05, 3.63) is 53.8 Å². The van der Waals surface area contributed by atoms with E-state index in [-0.39, 0.29) is 18.0 Å². The third-order valence-electron chi connectivity index (χ3n) is 4.18. The van der Waals surface area contributed by atoms with E-state index in [1.54, 1.807) is 25.1 Å². The minimum atomic E-state index is -1.08. The molecule has 0 saturated carbocycles. The van der Waals surface area contributed by atoms with Crippen molar-refractivity contribution in [3.63, 3.8) is 0 Å². The van der Waals surface area contributed by atoms with Gasteiger partial charge >= 0.3 is 5.97 Å². The molecule has 0 saturated heterocycles. The molecule has 2 N–H and O–H groups in total. The lowest BCUT2D eigenvalue weighted by Gasteiger charge is -2.23. The molecule has 0 bridgehead atoms. The summed E-state index contributed by atoms with van der Waals surface area (Å²) in [6.45, 7) is 3.03. The summed E-state index contributed by atoms with van der Waals surface area (Å²) < 4.78 is 18.7. The number of carbonyl (C=O) groups is 3. The molecule has 0 fully saturated rings. The summed E-state index contributed by atoms with van der Waals surface area (Å²) in [6, 6.07) is 11.6. The summed E-state index contributed by atoms with van der Waals surface area (Å²) >= 11 is 1.28. The van der Waals surface area contributed by atoms with Crippen LogP contribution in [0.5, 0.6) is 0 Å². The molecular weight excluding hydrogens is 383 g/mol. The van der Waals surface area contributed by atoms with Gasteiger partial charge in [-0.05, 0) is 43.7 Å². The van der Waals surface area contributed by atoms with Gasteiger partial charge in [-0.1, -0.05) is 18.2 Å². The maximum absolute atomic E-state index is 13.6. The molecule has 2 amide bonds. The number of aryl methyl sites for hydroxylation is 1. The molecule has 146 valence electrons. The topological polar surface area (TPSA) is 84.5 Å². The van der Waals surface area contributed by atoms with Gasteiger partial charge in [0.1, 0.15) is 5.82 Å². The minimum Gasteiger partial charge on any atom is -0.452 e. The van der Waals surface area contributed by atoms with Crippen LogP contribution < -0.4 is 10.6 Å². The lowest BCUT2D eigenvalue weighted by Crippen LogP contribution is -2.34. The van der Waals surface area contributed by atoms with Crippen LogP contribution in [0.1, 0.15) is 18.9 Å². The van der Waals surface area contributed by atoms with Crippen molar-refractivity contribution in [2.45, 2.75) is 36.5 Å².